The smallest absolute Gasteiger partial charge is 0.168 e. The van der Waals surface area contributed by atoms with Crippen LogP contribution in [-0.2, 0) is 12.8 Å². The molecule has 0 amide bonds. The fourth-order valence-corrected chi connectivity index (χ4v) is 2.68. The van der Waals surface area contributed by atoms with E-state index in [1.165, 1.54) is 11.1 Å². The molecule has 1 aliphatic carbocycles. The molecule has 0 unspecified atom stereocenters. The zero-order valence-electron chi connectivity index (χ0n) is 10.6. The van der Waals surface area contributed by atoms with Crippen LogP contribution in [0.1, 0.15) is 23.1 Å². The molecule has 0 spiro atoms. The van der Waals surface area contributed by atoms with E-state index >= 15 is 0 Å². The molecule has 2 aromatic rings. The summed E-state index contributed by atoms with van der Waals surface area (Å²) < 4.78 is 13.9. The van der Waals surface area contributed by atoms with Crippen molar-refractivity contribution >= 4 is 23.1 Å². The normalized spacial score (nSPS) is 12.8. The highest BCUT2D eigenvalue weighted by atomic mass is 35.5. The van der Waals surface area contributed by atoms with Gasteiger partial charge in [-0.25, -0.2) is 9.37 Å². The van der Waals surface area contributed by atoms with Crippen LogP contribution in [0.25, 0.3) is 0 Å². The fraction of sp³-hybridized carbons (Fsp3) is 0.200. The molecule has 1 aromatic heterocycles. The summed E-state index contributed by atoms with van der Waals surface area (Å²) >= 11 is 5.84. The van der Waals surface area contributed by atoms with Gasteiger partial charge in [0.2, 0.25) is 0 Å². The zero-order chi connectivity index (χ0) is 14.1. The van der Waals surface area contributed by atoms with Gasteiger partial charge in [0.25, 0.3) is 0 Å². The molecule has 5 heteroatoms. The highest BCUT2D eigenvalue weighted by Gasteiger charge is 2.16. The minimum Gasteiger partial charge on any atom is -0.337 e. The number of anilines is 2. The van der Waals surface area contributed by atoms with E-state index in [0.29, 0.717) is 0 Å². The van der Waals surface area contributed by atoms with Gasteiger partial charge >= 0.3 is 0 Å². The van der Waals surface area contributed by atoms with E-state index in [1.54, 1.807) is 6.07 Å². The van der Waals surface area contributed by atoms with Crippen LogP contribution in [0.5, 0.6) is 0 Å². The van der Waals surface area contributed by atoms with Gasteiger partial charge in [-0.3, -0.25) is 0 Å². The van der Waals surface area contributed by atoms with Crippen molar-refractivity contribution in [2.24, 2.45) is 0 Å². The maximum Gasteiger partial charge on any atom is 0.168 e. The van der Waals surface area contributed by atoms with Crippen molar-refractivity contribution in [2.75, 3.05) is 5.32 Å². The first-order valence-electron chi connectivity index (χ1n) is 6.33. The third kappa shape index (κ3) is 2.21. The molecule has 3 nitrogen and oxygen atoms in total. The average molecular weight is 288 g/mol. The molecule has 0 saturated heterocycles. The van der Waals surface area contributed by atoms with Crippen molar-refractivity contribution in [3.8, 4) is 6.07 Å². The summed E-state index contributed by atoms with van der Waals surface area (Å²) in [5.41, 5.74) is 3.38. The Morgan fingerprint density at radius 2 is 2.20 bits per heavy atom. The summed E-state index contributed by atoms with van der Waals surface area (Å²) in [6, 6.07) is 8.83. The zero-order valence-corrected chi connectivity index (χ0v) is 11.3. The second-order valence-corrected chi connectivity index (χ2v) is 5.05. The summed E-state index contributed by atoms with van der Waals surface area (Å²) in [4.78, 5) is 3.92. The Morgan fingerprint density at radius 3 is 3.00 bits per heavy atom. The Bertz CT molecular complexity index is 722. The van der Waals surface area contributed by atoms with Gasteiger partial charge in [-0.2, -0.15) is 5.26 Å². The van der Waals surface area contributed by atoms with Gasteiger partial charge in [0, 0.05) is 5.69 Å². The van der Waals surface area contributed by atoms with Crippen molar-refractivity contribution in [3.63, 3.8) is 0 Å². The van der Waals surface area contributed by atoms with E-state index in [4.69, 9.17) is 16.9 Å². The van der Waals surface area contributed by atoms with Crippen LogP contribution >= 0.6 is 11.6 Å². The Hall–Kier alpha value is -2.12. The minimum absolute atomic E-state index is 0.00368. The fourth-order valence-electron chi connectivity index (χ4n) is 2.50. The number of nitrogens with one attached hydrogen (secondary N) is 1. The predicted molar refractivity (Wildman–Crippen MR) is 75.7 cm³/mol. The highest BCUT2D eigenvalue weighted by molar-refractivity contribution is 6.30. The highest BCUT2D eigenvalue weighted by Crippen LogP contribution is 2.31. The Labute approximate surface area is 121 Å². The predicted octanol–water partition coefficient (Wildman–Crippen LogP) is 3.98. The molecule has 1 aliphatic rings. The molecule has 0 atom stereocenters. The third-order valence-electron chi connectivity index (χ3n) is 3.45. The van der Waals surface area contributed by atoms with Gasteiger partial charge in [-0.15, -0.1) is 0 Å². The topological polar surface area (TPSA) is 48.7 Å². The summed E-state index contributed by atoms with van der Waals surface area (Å²) in [7, 11) is 0. The van der Waals surface area contributed by atoms with Crippen molar-refractivity contribution < 1.29 is 4.39 Å². The van der Waals surface area contributed by atoms with E-state index in [9.17, 15) is 4.39 Å². The number of pyridine rings is 1. The lowest BCUT2D eigenvalue weighted by atomic mass is 10.1. The second-order valence-electron chi connectivity index (χ2n) is 4.69. The number of aromatic nitrogens is 1. The second kappa shape index (κ2) is 5.10. The van der Waals surface area contributed by atoms with E-state index in [1.807, 2.05) is 12.1 Å². The lowest BCUT2D eigenvalue weighted by molar-refractivity contribution is 0.626. The van der Waals surface area contributed by atoms with Gasteiger partial charge < -0.3 is 5.32 Å². The summed E-state index contributed by atoms with van der Waals surface area (Å²) in [6.07, 6.45) is 3.14. The van der Waals surface area contributed by atoms with Gasteiger partial charge in [0.05, 0.1) is 5.56 Å². The quantitative estimate of drug-likeness (QED) is 0.850. The lowest BCUT2D eigenvalue weighted by Crippen LogP contribution is -2.01. The Kier molecular flexibility index (Phi) is 3.29. The molecule has 3 rings (SSSR count). The first-order valence-corrected chi connectivity index (χ1v) is 6.71. The number of hydrogen-bond acceptors (Lipinski definition) is 3. The van der Waals surface area contributed by atoms with E-state index in [2.05, 4.69) is 16.4 Å². The summed E-state index contributed by atoms with van der Waals surface area (Å²) in [6.45, 7) is 0. The molecular formula is C15H11ClFN3. The van der Waals surface area contributed by atoms with Crippen LogP contribution in [0, 0.1) is 17.1 Å². The van der Waals surface area contributed by atoms with Crippen LogP contribution < -0.4 is 5.32 Å². The molecule has 0 fully saturated rings. The van der Waals surface area contributed by atoms with E-state index in [-0.39, 0.29) is 16.5 Å². The largest absolute Gasteiger partial charge is 0.337 e. The minimum atomic E-state index is -0.582. The number of rotatable bonds is 2. The monoisotopic (exact) mass is 287 g/mol. The van der Waals surface area contributed by atoms with Crippen LogP contribution in [0.4, 0.5) is 15.9 Å². The van der Waals surface area contributed by atoms with E-state index in [0.717, 1.165) is 31.0 Å². The molecule has 0 aliphatic heterocycles. The van der Waals surface area contributed by atoms with Gasteiger partial charge in [-0.05, 0) is 42.5 Å². The van der Waals surface area contributed by atoms with Gasteiger partial charge in [-0.1, -0.05) is 23.7 Å². The summed E-state index contributed by atoms with van der Waals surface area (Å²) in [5, 5.41) is 11.8. The number of hydrogen-bond donors (Lipinski definition) is 1. The molecule has 100 valence electrons. The molecule has 0 radical (unpaired) electrons. The van der Waals surface area contributed by atoms with Crippen LogP contribution in [0.3, 0.4) is 0 Å². The first kappa shape index (κ1) is 12.9. The average Bonchev–Trinajstić information content (AvgIpc) is 2.92. The number of aryl methyl sites for hydroxylation is 1. The lowest BCUT2D eigenvalue weighted by Gasteiger charge is -2.11. The standard InChI is InChI=1S/C15H11ClFN3/c16-14-10(8-18)7-12(17)15(20-14)19-13-6-2-4-9-3-1-5-11(9)13/h2,4,6-7H,1,3,5H2,(H,19,20). The number of fused-ring (bicyclic) bond motifs is 1. The Morgan fingerprint density at radius 1 is 1.35 bits per heavy atom. The van der Waals surface area contributed by atoms with Crippen LogP contribution in [-0.4, -0.2) is 4.98 Å². The van der Waals surface area contributed by atoms with Gasteiger partial charge in [0.15, 0.2) is 11.6 Å². The molecule has 1 N–H and O–H groups in total. The van der Waals surface area contributed by atoms with Crippen LogP contribution in [0.2, 0.25) is 5.15 Å². The number of halogens is 2. The maximum atomic E-state index is 13.9. The molecule has 0 bridgehead atoms. The van der Waals surface area contributed by atoms with Gasteiger partial charge in [0.1, 0.15) is 11.2 Å². The van der Waals surface area contributed by atoms with Crippen molar-refractivity contribution in [1.82, 2.24) is 4.98 Å². The number of nitriles is 1. The maximum absolute atomic E-state index is 13.9. The first-order chi connectivity index (χ1) is 9.69. The molecule has 20 heavy (non-hydrogen) atoms. The van der Waals surface area contributed by atoms with Crippen molar-refractivity contribution in [1.29, 1.82) is 5.26 Å². The SMILES string of the molecule is N#Cc1cc(F)c(Nc2cccc3c2CCC3)nc1Cl. The molecular weight excluding hydrogens is 277 g/mol. The Balaban J connectivity index is 1.99. The molecule has 1 heterocycles. The van der Waals surface area contributed by atoms with Crippen molar-refractivity contribution in [2.45, 2.75) is 19.3 Å². The third-order valence-corrected chi connectivity index (χ3v) is 3.74. The van der Waals surface area contributed by atoms with Crippen molar-refractivity contribution in [3.05, 3.63) is 51.9 Å². The molecule has 1 aromatic carbocycles. The van der Waals surface area contributed by atoms with E-state index < -0.39 is 5.82 Å². The number of benzene rings is 1. The van der Waals surface area contributed by atoms with Crippen LogP contribution in [0.15, 0.2) is 24.3 Å². The number of nitrogens with zero attached hydrogens (tertiary/aromatic N) is 2. The molecule has 0 saturated carbocycles. The summed E-state index contributed by atoms with van der Waals surface area (Å²) in [5.74, 6) is -0.532.